The smallest absolute Gasteiger partial charge is 0.197 e. The maximum atomic E-state index is 5.62. The molecule has 4 heteroatoms. The van der Waals surface area contributed by atoms with Crippen LogP contribution in [0.15, 0.2) is 22.6 Å². The van der Waals surface area contributed by atoms with E-state index in [-0.39, 0.29) is 0 Å². The van der Waals surface area contributed by atoms with E-state index in [9.17, 15) is 0 Å². The molecular formula is C12H15N3O. The zero-order chi connectivity index (χ0) is 11.5. The molecule has 0 amide bonds. The zero-order valence-electron chi connectivity index (χ0n) is 9.74. The molecule has 0 saturated heterocycles. The summed E-state index contributed by atoms with van der Waals surface area (Å²) < 4.78 is 5.62. The Morgan fingerprint density at radius 1 is 1.31 bits per heavy atom. The highest BCUT2D eigenvalue weighted by molar-refractivity contribution is 5.51. The fourth-order valence-corrected chi connectivity index (χ4v) is 1.49. The Balaban J connectivity index is 2.42. The van der Waals surface area contributed by atoms with Crippen LogP contribution in [-0.2, 0) is 6.42 Å². The number of aryl methyl sites for hydroxylation is 2. The predicted molar refractivity (Wildman–Crippen MR) is 63.4 cm³/mol. The molecule has 0 radical (unpaired) electrons. The maximum Gasteiger partial charge on any atom is 0.197 e. The van der Waals surface area contributed by atoms with Gasteiger partial charge in [-0.15, -0.1) is 0 Å². The van der Waals surface area contributed by atoms with Gasteiger partial charge in [-0.25, -0.2) is 9.97 Å². The minimum Gasteiger partial charge on any atom is -0.458 e. The van der Waals surface area contributed by atoms with Gasteiger partial charge in [0.2, 0.25) is 0 Å². The third kappa shape index (κ3) is 2.05. The van der Waals surface area contributed by atoms with E-state index in [1.54, 1.807) is 0 Å². The Hall–Kier alpha value is -1.84. The summed E-state index contributed by atoms with van der Waals surface area (Å²) in [5, 5.41) is 3.01. The number of aromatic nitrogens is 2. The Bertz CT molecular complexity index is 491. The highest BCUT2D eigenvalue weighted by Gasteiger charge is 2.08. The van der Waals surface area contributed by atoms with E-state index in [1.807, 2.05) is 32.2 Å². The van der Waals surface area contributed by atoms with E-state index in [0.717, 1.165) is 29.5 Å². The van der Waals surface area contributed by atoms with Gasteiger partial charge in [0.25, 0.3) is 0 Å². The van der Waals surface area contributed by atoms with Crippen LogP contribution >= 0.6 is 0 Å². The van der Waals surface area contributed by atoms with Gasteiger partial charge in [-0.2, -0.15) is 0 Å². The lowest BCUT2D eigenvalue weighted by Crippen LogP contribution is -1.97. The Labute approximate surface area is 94.7 Å². The second-order valence-electron chi connectivity index (χ2n) is 3.59. The molecule has 0 atom stereocenters. The van der Waals surface area contributed by atoms with Crippen LogP contribution in [-0.4, -0.2) is 17.0 Å². The normalized spacial score (nSPS) is 10.4. The monoisotopic (exact) mass is 217 g/mol. The van der Waals surface area contributed by atoms with E-state index in [4.69, 9.17) is 4.42 Å². The summed E-state index contributed by atoms with van der Waals surface area (Å²) in [6.07, 6.45) is 0.880. The Kier molecular flexibility index (Phi) is 2.90. The van der Waals surface area contributed by atoms with Gasteiger partial charge in [0.1, 0.15) is 11.6 Å². The summed E-state index contributed by atoms with van der Waals surface area (Å²) in [7, 11) is 1.84. The Morgan fingerprint density at radius 2 is 2.12 bits per heavy atom. The molecule has 0 aliphatic rings. The topological polar surface area (TPSA) is 51.0 Å². The average molecular weight is 217 g/mol. The van der Waals surface area contributed by atoms with Crippen molar-refractivity contribution in [2.75, 3.05) is 12.4 Å². The van der Waals surface area contributed by atoms with Gasteiger partial charge in [-0.3, -0.25) is 0 Å². The van der Waals surface area contributed by atoms with E-state index in [0.29, 0.717) is 5.82 Å². The van der Waals surface area contributed by atoms with Crippen LogP contribution < -0.4 is 5.32 Å². The first kappa shape index (κ1) is 10.7. The Morgan fingerprint density at radius 3 is 2.75 bits per heavy atom. The molecule has 2 aromatic rings. The van der Waals surface area contributed by atoms with Crippen molar-refractivity contribution in [1.29, 1.82) is 0 Å². The molecule has 0 aliphatic heterocycles. The highest BCUT2D eigenvalue weighted by atomic mass is 16.3. The first-order chi connectivity index (χ1) is 7.72. The van der Waals surface area contributed by atoms with Gasteiger partial charge < -0.3 is 9.73 Å². The fraction of sp³-hybridized carbons (Fsp3) is 0.333. The van der Waals surface area contributed by atoms with Crippen LogP contribution in [0.4, 0.5) is 5.82 Å². The van der Waals surface area contributed by atoms with Crippen molar-refractivity contribution in [3.05, 3.63) is 29.7 Å². The minimum atomic E-state index is 0.629. The molecule has 16 heavy (non-hydrogen) atoms. The number of rotatable bonds is 3. The molecule has 0 saturated carbocycles. The number of hydrogen-bond acceptors (Lipinski definition) is 4. The minimum absolute atomic E-state index is 0.629. The molecule has 0 aliphatic carbocycles. The third-order valence-electron chi connectivity index (χ3n) is 2.34. The number of nitrogens with one attached hydrogen (secondary N) is 1. The van der Waals surface area contributed by atoms with Gasteiger partial charge in [0.05, 0.1) is 0 Å². The molecule has 1 N–H and O–H groups in total. The number of anilines is 1. The second kappa shape index (κ2) is 4.35. The number of hydrogen-bond donors (Lipinski definition) is 1. The molecule has 0 fully saturated rings. The summed E-state index contributed by atoms with van der Waals surface area (Å²) in [4.78, 5) is 8.71. The SMILES string of the molecule is CCc1ccc(-c2nc(C)cc(NC)n2)o1. The first-order valence-electron chi connectivity index (χ1n) is 5.35. The van der Waals surface area contributed by atoms with Crippen LogP contribution in [0, 0.1) is 6.92 Å². The van der Waals surface area contributed by atoms with E-state index < -0.39 is 0 Å². The summed E-state index contributed by atoms with van der Waals surface area (Å²) in [5.74, 6) is 3.10. The van der Waals surface area contributed by atoms with Gasteiger partial charge in [0, 0.05) is 25.2 Å². The van der Waals surface area contributed by atoms with Crippen molar-refractivity contribution in [3.63, 3.8) is 0 Å². The van der Waals surface area contributed by atoms with Gasteiger partial charge >= 0.3 is 0 Å². The largest absolute Gasteiger partial charge is 0.458 e. The molecular weight excluding hydrogens is 202 g/mol. The molecule has 84 valence electrons. The fourth-order valence-electron chi connectivity index (χ4n) is 1.49. The number of furan rings is 1. The average Bonchev–Trinajstić information content (AvgIpc) is 2.76. The van der Waals surface area contributed by atoms with Crippen molar-refractivity contribution in [1.82, 2.24) is 9.97 Å². The predicted octanol–water partition coefficient (Wildman–Crippen LogP) is 2.65. The molecule has 0 bridgehead atoms. The lowest BCUT2D eigenvalue weighted by Gasteiger charge is -2.03. The van der Waals surface area contributed by atoms with Gasteiger partial charge in [-0.05, 0) is 19.1 Å². The van der Waals surface area contributed by atoms with Gasteiger partial charge in [-0.1, -0.05) is 6.92 Å². The van der Waals surface area contributed by atoms with Crippen LogP contribution in [0.3, 0.4) is 0 Å². The van der Waals surface area contributed by atoms with Crippen LogP contribution in [0.5, 0.6) is 0 Å². The third-order valence-corrected chi connectivity index (χ3v) is 2.34. The summed E-state index contributed by atoms with van der Waals surface area (Å²) in [5.41, 5.74) is 0.920. The zero-order valence-corrected chi connectivity index (χ0v) is 9.74. The first-order valence-corrected chi connectivity index (χ1v) is 5.35. The molecule has 0 aromatic carbocycles. The van der Waals surface area contributed by atoms with Crippen molar-refractivity contribution < 1.29 is 4.42 Å². The van der Waals surface area contributed by atoms with Crippen LogP contribution in [0.1, 0.15) is 18.4 Å². The van der Waals surface area contributed by atoms with E-state index >= 15 is 0 Å². The van der Waals surface area contributed by atoms with Crippen molar-refractivity contribution in [3.8, 4) is 11.6 Å². The summed E-state index contributed by atoms with van der Waals surface area (Å²) in [6.45, 7) is 3.99. The van der Waals surface area contributed by atoms with E-state index in [2.05, 4.69) is 22.2 Å². The quantitative estimate of drug-likeness (QED) is 0.858. The molecule has 2 heterocycles. The van der Waals surface area contributed by atoms with E-state index in [1.165, 1.54) is 0 Å². The second-order valence-corrected chi connectivity index (χ2v) is 3.59. The highest BCUT2D eigenvalue weighted by Crippen LogP contribution is 2.20. The molecule has 2 aromatic heterocycles. The lowest BCUT2D eigenvalue weighted by atomic mass is 10.3. The summed E-state index contributed by atoms with van der Waals surface area (Å²) >= 11 is 0. The van der Waals surface area contributed by atoms with Crippen molar-refractivity contribution in [2.45, 2.75) is 20.3 Å². The molecule has 0 spiro atoms. The standard InChI is InChI=1S/C12H15N3O/c1-4-9-5-6-10(16-9)12-14-8(2)7-11(13-3)15-12/h5-7H,4H2,1-3H3,(H,13,14,15). The van der Waals surface area contributed by atoms with Crippen molar-refractivity contribution >= 4 is 5.82 Å². The maximum absolute atomic E-state index is 5.62. The molecule has 2 rings (SSSR count). The lowest BCUT2D eigenvalue weighted by molar-refractivity contribution is 0.525. The molecule has 4 nitrogen and oxygen atoms in total. The summed E-state index contributed by atoms with van der Waals surface area (Å²) in [6, 6.07) is 5.76. The number of nitrogens with zero attached hydrogens (tertiary/aromatic N) is 2. The van der Waals surface area contributed by atoms with Crippen molar-refractivity contribution in [2.24, 2.45) is 0 Å². The van der Waals surface area contributed by atoms with Crippen LogP contribution in [0.25, 0.3) is 11.6 Å². The van der Waals surface area contributed by atoms with Crippen LogP contribution in [0.2, 0.25) is 0 Å². The van der Waals surface area contributed by atoms with Gasteiger partial charge in [0.15, 0.2) is 11.6 Å². The molecule has 0 unspecified atom stereocenters.